The fourth-order valence-corrected chi connectivity index (χ4v) is 9.08. The maximum atomic E-state index is 16.4. The van der Waals surface area contributed by atoms with E-state index in [9.17, 15) is 24.3 Å². The topological polar surface area (TPSA) is 175 Å². The van der Waals surface area contributed by atoms with Gasteiger partial charge in [0.1, 0.15) is 36.3 Å². The van der Waals surface area contributed by atoms with Crippen molar-refractivity contribution in [1.82, 2.24) is 30.8 Å². The molecule has 18 heteroatoms. The minimum atomic E-state index is -2.72. The number of aromatic nitrogens is 2. The fraction of sp³-hybridized carbons (Fsp3) is 0.524. The highest BCUT2D eigenvalue weighted by Gasteiger charge is 2.49. The molecule has 2 aliphatic heterocycles. The molecular formula is C42H53F2N7O7S2. The van der Waals surface area contributed by atoms with Crippen LogP contribution in [-0.2, 0) is 34.3 Å². The number of carbonyl (C=O) groups excluding carboxylic acids is 4. The number of aliphatic hydroxyl groups is 1. The van der Waals surface area contributed by atoms with Crippen molar-refractivity contribution >= 4 is 51.4 Å². The lowest BCUT2D eigenvalue weighted by molar-refractivity contribution is -0.144. The second-order valence-corrected chi connectivity index (χ2v) is 18.0. The van der Waals surface area contributed by atoms with Crippen molar-refractivity contribution < 1.29 is 42.5 Å². The third-order valence-corrected chi connectivity index (χ3v) is 12.7. The summed E-state index contributed by atoms with van der Waals surface area (Å²) in [5.41, 5.74) is 1.01. The summed E-state index contributed by atoms with van der Waals surface area (Å²) in [6.07, 6.45) is 1.51. The van der Waals surface area contributed by atoms with Crippen LogP contribution in [0.5, 0.6) is 0 Å². The summed E-state index contributed by atoms with van der Waals surface area (Å²) < 4.78 is 42.5. The van der Waals surface area contributed by atoms with Gasteiger partial charge in [-0.05, 0) is 42.9 Å². The summed E-state index contributed by atoms with van der Waals surface area (Å²) in [6.45, 7) is 10.8. The molecule has 6 atom stereocenters. The molecule has 1 aliphatic carbocycles. The van der Waals surface area contributed by atoms with Crippen LogP contribution in [0.25, 0.3) is 10.4 Å². The highest BCUT2D eigenvalue weighted by atomic mass is 32.1. The van der Waals surface area contributed by atoms with Crippen molar-refractivity contribution in [3.8, 4) is 10.4 Å². The van der Waals surface area contributed by atoms with Gasteiger partial charge in [0.25, 0.3) is 0 Å². The number of morpholine rings is 1. The van der Waals surface area contributed by atoms with Crippen molar-refractivity contribution in [2.45, 2.75) is 89.9 Å². The van der Waals surface area contributed by atoms with Gasteiger partial charge in [-0.15, -0.1) is 22.7 Å². The van der Waals surface area contributed by atoms with Crippen molar-refractivity contribution in [3.63, 3.8) is 0 Å². The van der Waals surface area contributed by atoms with Gasteiger partial charge < -0.3 is 40.3 Å². The van der Waals surface area contributed by atoms with E-state index in [4.69, 9.17) is 9.47 Å². The number of rotatable bonds is 15. The third kappa shape index (κ3) is 10.5. The number of halogens is 2. The SMILES string of the molecule is Cc1ncsc1-c1ccc([C@H](C)NC(=O)[C@@H]2C[C@@H](O)CN2C(=O)[C@@H](NC(=O)CCCNC(=O)COC2C=CC=C(F)C2(F)c2csc(N3CCOCC3)n2)C(C)(C)C)cc1. The molecule has 0 saturated carbocycles. The number of nitrogens with one attached hydrogen (secondary N) is 3. The Hall–Kier alpha value is -4.62. The van der Waals surface area contributed by atoms with Crippen LogP contribution < -0.4 is 20.9 Å². The summed E-state index contributed by atoms with van der Waals surface area (Å²) >= 11 is 2.75. The first kappa shape index (κ1) is 44.9. The zero-order valence-corrected chi connectivity index (χ0v) is 36.0. The number of thiazole rings is 2. The highest BCUT2D eigenvalue weighted by molar-refractivity contribution is 7.14. The Labute approximate surface area is 356 Å². The van der Waals surface area contributed by atoms with Crippen LogP contribution in [0.2, 0.25) is 0 Å². The predicted octanol–water partition coefficient (Wildman–Crippen LogP) is 4.65. The number of anilines is 1. The second kappa shape index (κ2) is 19.4. The molecule has 1 aromatic carbocycles. The number of carbonyl (C=O) groups is 4. The van der Waals surface area contributed by atoms with Crippen LogP contribution in [0.4, 0.5) is 13.9 Å². The zero-order valence-electron chi connectivity index (χ0n) is 34.4. The van der Waals surface area contributed by atoms with Gasteiger partial charge in [-0.1, -0.05) is 57.2 Å². The molecule has 2 aromatic heterocycles. The van der Waals surface area contributed by atoms with E-state index < -0.39 is 71.4 Å². The fourth-order valence-electron chi connectivity index (χ4n) is 7.34. The highest BCUT2D eigenvalue weighted by Crippen LogP contribution is 2.44. The van der Waals surface area contributed by atoms with Crippen molar-refractivity contribution in [2.75, 3.05) is 50.9 Å². The Morgan fingerprint density at radius 1 is 1.10 bits per heavy atom. The molecular weight excluding hydrogens is 817 g/mol. The van der Waals surface area contributed by atoms with Gasteiger partial charge in [0, 0.05) is 44.4 Å². The number of aryl methyl sites for hydroxylation is 1. The molecule has 0 bridgehead atoms. The van der Waals surface area contributed by atoms with Gasteiger partial charge >= 0.3 is 0 Å². The molecule has 4 amide bonds. The average Bonchev–Trinajstić information content (AvgIpc) is 3.99. The summed E-state index contributed by atoms with van der Waals surface area (Å²) in [5, 5.41) is 21.0. The molecule has 2 unspecified atom stereocenters. The Balaban J connectivity index is 0.974. The first-order valence-corrected chi connectivity index (χ1v) is 21.8. The minimum absolute atomic E-state index is 0.0450. The molecule has 60 heavy (non-hydrogen) atoms. The molecule has 4 heterocycles. The van der Waals surface area contributed by atoms with E-state index in [-0.39, 0.29) is 44.1 Å². The number of ether oxygens (including phenoxy) is 2. The van der Waals surface area contributed by atoms with Crippen LogP contribution in [0.15, 0.2) is 59.2 Å². The Morgan fingerprint density at radius 3 is 2.52 bits per heavy atom. The van der Waals surface area contributed by atoms with Gasteiger partial charge in [-0.3, -0.25) is 19.2 Å². The Bertz CT molecular complexity index is 2060. The lowest BCUT2D eigenvalue weighted by Crippen LogP contribution is -2.57. The average molecular weight is 870 g/mol. The first-order valence-electron chi connectivity index (χ1n) is 20.0. The van der Waals surface area contributed by atoms with Crippen LogP contribution in [0.3, 0.4) is 0 Å². The minimum Gasteiger partial charge on any atom is -0.391 e. The van der Waals surface area contributed by atoms with Crippen molar-refractivity contribution in [3.05, 3.63) is 76.2 Å². The van der Waals surface area contributed by atoms with E-state index in [1.807, 2.05) is 43.0 Å². The standard InChI is InChI=1S/C42H53F2N7O7S2/c1-25(27-11-13-28(14-12-27)36-26(2)46-24-60-36)47-38(55)30-20-29(52)21-51(30)39(56)37(41(3,4)5)49-34(53)10-7-15-45-35(54)22-58-33-9-6-8-31(43)42(33,44)32-23-59-40(48-32)50-16-18-57-19-17-50/h6,8-9,11-14,23-25,29-30,33,37,52H,7,10,15-22H2,1-5H3,(H,45,54)(H,47,55)(H,49,53)/t25-,29+,30-,33?,37+,42?/m0/s1. The molecule has 2 saturated heterocycles. The molecule has 324 valence electrons. The molecule has 2 fully saturated rings. The van der Waals surface area contributed by atoms with Crippen LogP contribution in [0, 0.1) is 12.3 Å². The van der Waals surface area contributed by atoms with Gasteiger partial charge in [0.05, 0.1) is 41.4 Å². The Kier molecular flexibility index (Phi) is 14.5. The second-order valence-electron chi connectivity index (χ2n) is 16.3. The van der Waals surface area contributed by atoms with E-state index in [2.05, 4.69) is 25.9 Å². The first-order chi connectivity index (χ1) is 28.6. The maximum Gasteiger partial charge on any atom is 0.246 e. The van der Waals surface area contributed by atoms with Crippen molar-refractivity contribution in [2.24, 2.45) is 5.41 Å². The number of allylic oxidation sites excluding steroid dienone is 2. The number of alkyl halides is 1. The lowest BCUT2D eigenvalue weighted by atomic mass is 9.85. The van der Waals surface area contributed by atoms with E-state index in [0.29, 0.717) is 31.4 Å². The molecule has 14 nitrogen and oxygen atoms in total. The van der Waals surface area contributed by atoms with Gasteiger partial charge in [0.15, 0.2) is 5.13 Å². The van der Waals surface area contributed by atoms with E-state index in [1.54, 1.807) is 37.6 Å². The number of amides is 4. The van der Waals surface area contributed by atoms with Crippen LogP contribution in [-0.4, -0.2) is 114 Å². The number of benzene rings is 1. The lowest BCUT2D eigenvalue weighted by Gasteiger charge is -2.35. The Morgan fingerprint density at radius 2 is 1.83 bits per heavy atom. The normalized spacial score (nSPS) is 22.9. The summed E-state index contributed by atoms with van der Waals surface area (Å²) in [4.78, 5) is 66.6. The van der Waals surface area contributed by atoms with E-state index in [1.165, 1.54) is 33.8 Å². The summed E-state index contributed by atoms with van der Waals surface area (Å²) in [7, 11) is 0. The van der Waals surface area contributed by atoms with Crippen molar-refractivity contribution in [1.29, 1.82) is 0 Å². The number of β-amino-alcohol motifs (C(OH)–C–C–N with tert-alkyl or cyclic N) is 1. The van der Waals surface area contributed by atoms with Crippen LogP contribution >= 0.6 is 22.7 Å². The third-order valence-electron chi connectivity index (χ3n) is 10.8. The van der Waals surface area contributed by atoms with E-state index in [0.717, 1.165) is 27.8 Å². The molecule has 3 aromatic rings. The van der Waals surface area contributed by atoms with E-state index >= 15 is 8.78 Å². The summed E-state index contributed by atoms with van der Waals surface area (Å²) in [5.74, 6) is -3.02. The summed E-state index contributed by atoms with van der Waals surface area (Å²) in [6, 6.07) is 5.49. The molecule has 0 radical (unpaired) electrons. The molecule has 0 spiro atoms. The number of hydrogen-bond acceptors (Lipinski definition) is 12. The largest absolute Gasteiger partial charge is 0.391 e. The smallest absolute Gasteiger partial charge is 0.246 e. The molecule has 6 rings (SSSR count). The van der Waals surface area contributed by atoms with Crippen LogP contribution in [0.1, 0.15) is 70.0 Å². The quantitative estimate of drug-likeness (QED) is 0.158. The predicted molar refractivity (Wildman–Crippen MR) is 225 cm³/mol. The number of hydrogen-bond donors (Lipinski definition) is 4. The zero-order chi connectivity index (χ0) is 43.2. The monoisotopic (exact) mass is 869 g/mol. The maximum absolute atomic E-state index is 16.4. The molecule has 4 N–H and O–H groups in total. The molecule has 3 aliphatic rings. The number of likely N-dealkylation sites (tertiary alicyclic amines) is 1. The van der Waals surface area contributed by atoms with Gasteiger partial charge in [-0.25, -0.2) is 18.7 Å². The van der Waals surface area contributed by atoms with Gasteiger partial charge in [-0.2, -0.15) is 0 Å². The van der Waals surface area contributed by atoms with Gasteiger partial charge in [0.2, 0.25) is 29.3 Å². The number of aliphatic hydroxyl groups excluding tert-OH is 1. The number of nitrogens with zero attached hydrogens (tertiary/aromatic N) is 4.